The summed E-state index contributed by atoms with van der Waals surface area (Å²) in [5.74, 6) is 0. The molecule has 0 radical (unpaired) electrons. The molecule has 0 rings (SSSR count). The Morgan fingerprint density at radius 1 is 0.944 bits per heavy atom. The van der Waals surface area contributed by atoms with Crippen LogP contribution in [-0.4, -0.2) is 56.1 Å². The van der Waals surface area contributed by atoms with Gasteiger partial charge in [0.25, 0.3) is 0 Å². The normalized spacial score (nSPS) is 15.4. The molecule has 0 aromatic carbocycles. The van der Waals surface area contributed by atoms with Crippen molar-refractivity contribution in [1.82, 2.24) is 9.34 Å². The Hall–Kier alpha value is 0.300. The van der Waals surface area contributed by atoms with Crippen LogP contribution in [0.2, 0.25) is 0 Å². The molecule has 0 N–H and O–H groups in total. The molecule has 0 aromatic heterocycles. The SMILES string of the molecule is CCOP(=O)(OCC)C(C)P(=O)(N(C)C)N(C)C. The third kappa shape index (κ3) is 3.66. The summed E-state index contributed by atoms with van der Waals surface area (Å²) in [6, 6.07) is 0. The molecule has 0 bridgehead atoms. The molecule has 6 nitrogen and oxygen atoms in total. The van der Waals surface area contributed by atoms with Gasteiger partial charge in [-0.3, -0.25) is 9.13 Å². The molecule has 0 aromatic rings. The molecular weight excluding hydrogens is 274 g/mol. The summed E-state index contributed by atoms with van der Waals surface area (Å²) < 4.78 is 39.5. The second-order valence-corrected chi connectivity index (χ2v) is 10.6. The monoisotopic (exact) mass is 300 g/mol. The van der Waals surface area contributed by atoms with Crippen molar-refractivity contribution in [3.05, 3.63) is 0 Å². The Labute approximate surface area is 111 Å². The zero-order valence-electron chi connectivity index (χ0n) is 12.4. The van der Waals surface area contributed by atoms with E-state index in [0.29, 0.717) is 0 Å². The van der Waals surface area contributed by atoms with Gasteiger partial charge < -0.3 is 9.05 Å². The molecule has 0 fully saturated rings. The van der Waals surface area contributed by atoms with Crippen LogP contribution >= 0.6 is 15.0 Å². The van der Waals surface area contributed by atoms with Crippen LogP contribution in [-0.2, 0) is 18.2 Å². The average molecular weight is 300 g/mol. The first-order chi connectivity index (χ1) is 8.16. The van der Waals surface area contributed by atoms with Crippen molar-refractivity contribution in [2.45, 2.75) is 26.2 Å². The van der Waals surface area contributed by atoms with Crippen LogP contribution in [0.1, 0.15) is 20.8 Å². The van der Waals surface area contributed by atoms with E-state index in [4.69, 9.17) is 9.05 Å². The molecular formula is C10H26N2O4P2. The number of nitrogens with zero attached hydrogens (tertiary/aromatic N) is 2. The topological polar surface area (TPSA) is 59.1 Å². The lowest BCUT2D eigenvalue weighted by Gasteiger charge is -2.37. The van der Waals surface area contributed by atoms with Gasteiger partial charge in [-0.15, -0.1) is 0 Å². The summed E-state index contributed by atoms with van der Waals surface area (Å²) in [6.07, 6.45) is 0. The van der Waals surface area contributed by atoms with E-state index in [1.54, 1.807) is 58.3 Å². The van der Waals surface area contributed by atoms with E-state index in [9.17, 15) is 9.13 Å². The molecule has 0 aliphatic heterocycles. The number of hydrogen-bond acceptors (Lipinski definition) is 4. The molecule has 0 aliphatic carbocycles. The summed E-state index contributed by atoms with van der Waals surface area (Å²) in [4.78, 5) is 0. The van der Waals surface area contributed by atoms with Crippen LogP contribution in [0.4, 0.5) is 0 Å². The molecule has 0 aliphatic rings. The molecule has 8 heteroatoms. The Morgan fingerprint density at radius 3 is 1.50 bits per heavy atom. The average Bonchev–Trinajstić information content (AvgIpc) is 2.26. The van der Waals surface area contributed by atoms with Gasteiger partial charge in [-0.2, -0.15) is 0 Å². The Bertz CT molecular complexity index is 325. The van der Waals surface area contributed by atoms with Crippen LogP contribution in [0, 0.1) is 0 Å². The van der Waals surface area contributed by atoms with Crippen molar-refractivity contribution in [1.29, 1.82) is 0 Å². The van der Waals surface area contributed by atoms with Crippen molar-refractivity contribution in [2.75, 3.05) is 41.4 Å². The Balaban J connectivity index is 5.48. The second kappa shape index (κ2) is 7.18. The quantitative estimate of drug-likeness (QED) is 0.642. The van der Waals surface area contributed by atoms with Gasteiger partial charge in [0, 0.05) is 0 Å². The van der Waals surface area contributed by atoms with E-state index >= 15 is 0 Å². The zero-order valence-corrected chi connectivity index (χ0v) is 14.2. The lowest BCUT2D eigenvalue weighted by atomic mass is 10.9. The van der Waals surface area contributed by atoms with Crippen molar-refractivity contribution in [3.8, 4) is 0 Å². The summed E-state index contributed by atoms with van der Waals surface area (Å²) in [7, 11) is 0.464. The van der Waals surface area contributed by atoms with E-state index in [0.717, 1.165) is 0 Å². The van der Waals surface area contributed by atoms with Crippen LogP contribution in [0.15, 0.2) is 0 Å². The molecule has 0 spiro atoms. The van der Waals surface area contributed by atoms with Gasteiger partial charge in [0.15, 0.2) is 0 Å². The third-order valence-electron chi connectivity index (χ3n) is 2.71. The number of hydrogen-bond donors (Lipinski definition) is 0. The molecule has 0 heterocycles. The largest absolute Gasteiger partial charge is 0.343 e. The third-order valence-corrected chi connectivity index (χ3v) is 9.88. The maximum absolute atomic E-state index is 13.0. The van der Waals surface area contributed by atoms with E-state index in [1.807, 2.05) is 0 Å². The summed E-state index contributed by atoms with van der Waals surface area (Å²) in [5, 5.41) is -0.699. The fourth-order valence-electron chi connectivity index (χ4n) is 1.82. The fraction of sp³-hybridized carbons (Fsp3) is 1.00. The van der Waals surface area contributed by atoms with Crippen molar-refractivity contribution in [3.63, 3.8) is 0 Å². The van der Waals surface area contributed by atoms with Crippen LogP contribution in [0.5, 0.6) is 0 Å². The Morgan fingerprint density at radius 2 is 1.28 bits per heavy atom. The maximum atomic E-state index is 13.0. The lowest BCUT2D eigenvalue weighted by Crippen LogP contribution is -2.28. The maximum Gasteiger partial charge on any atom is 0.343 e. The summed E-state index contributed by atoms with van der Waals surface area (Å²) in [6.45, 7) is 5.68. The van der Waals surface area contributed by atoms with E-state index in [2.05, 4.69) is 0 Å². The minimum Gasteiger partial charge on any atom is -0.308 e. The van der Waals surface area contributed by atoms with Gasteiger partial charge in [0.05, 0.1) is 13.2 Å². The number of rotatable bonds is 8. The standard InChI is InChI=1S/C10H26N2O4P2/c1-8-15-18(14,16-9-2)10(3)17(13,11(4)5)12(6)7/h10H,8-9H2,1-7H3. The highest BCUT2D eigenvalue weighted by Crippen LogP contribution is 2.70. The second-order valence-electron chi connectivity index (χ2n) is 4.29. The van der Waals surface area contributed by atoms with Gasteiger partial charge in [-0.1, -0.05) is 0 Å². The predicted molar refractivity (Wildman–Crippen MR) is 75.3 cm³/mol. The van der Waals surface area contributed by atoms with E-state index < -0.39 is 20.4 Å². The highest BCUT2D eigenvalue weighted by molar-refractivity contribution is 7.75. The van der Waals surface area contributed by atoms with Crippen LogP contribution < -0.4 is 0 Å². The van der Waals surface area contributed by atoms with Crippen molar-refractivity contribution < 1.29 is 18.2 Å². The first-order valence-electron chi connectivity index (χ1n) is 6.00. The zero-order chi connectivity index (χ0) is 14.6. The molecule has 18 heavy (non-hydrogen) atoms. The summed E-state index contributed by atoms with van der Waals surface area (Å²) in [5.41, 5.74) is 0. The van der Waals surface area contributed by atoms with E-state index in [-0.39, 0.29) is 13.2 Å². The molecule has 0 saturated carbocycles. The van der Waals surface area contributed by atoms with Crippen molar-refractivity contribution in [2.24, 2.45) is 0 Å². The van der Waals surface area contributed by atoms with E-state index in [1.165, 1.54) is 0 Å². The predicted octanol–water partition coefficient (Wildman–Crippen LogP) is 2.91. The van der Waals surface area contributed by atoms with Gasteiger partial charge in [-0.05, 0) is 49.0 Å². The highest BCUT2D eigenvalue weighted by Gasteiger charge is 2.48. The van der Waals surface area contributed by atoms with Crippen LogP contribution in [0.3, 0.4) is 0 Å². The molecule has 0 saturated heterocycles. The smallest absolute Gasteiger partial charge is 0.308 e. The fourth-order valence-corrected chi connectivity index (χ4v) is 8.21. The molecule has 110 valence electrons. The highest BCUT2D eigenvalue weighted by atomic mass is 31.2. The Kier molecular flexibility index (Phi) is 7.30. The molecule has 1 unspecified atom stereocenters. The van der Waals surface area contributed by atoms with Crippen LogP contribution in [0.25, 0.3) is 0 Å². The minimum absolute atomic E-state index is 0.266. The van der Waals surface area contributed by atoms with Gasteiger partial charge in [0.1, 0.15) is 5.40 Å². The van der Waals surface area contributed by atoms with Gasteiger partial charge in [-0.25, -0.2) is 9.34 Å². The lowest BCUT2D eigenvalue weighted by molar-refractivity contribution is 0.217. The van der Waals surface area contributed by atoms with Crippen molar-refractivity contribution >= 4 is 15.0 Å². The molecule has 1 atom stereocenters. The first kappa shape index (κ1) is 18.3. The first-order valence-corrected chi connectivity index (χ1v) is 9.30. The minimum atomic E-state index is -3.39. The molecule has 0 amide bonds. The summed E-state index contributed by atoms with van der Waals surface area (Å²) >= 11 is 0. The van der Waals surface area contributed by atoms with Gasteiger partial charge in [0.2, 0.25) is 7.44 Å². The van der Waals surface area contributed by atoms with Gasteiger partial charge >= 0.3 is 7.60 Å².